The fraction of sp³-hybridized carbons (Fsp3) is 0.409. The molecule has 0 heterocycles. The largest absolute Gasteiger partial charge is 0.506 e. The summed E-state index contributed by atoms with van der Waals surface area (Å²) < 4.78 is 16.3. The van der Waals surface area contributed by atoms with Gasteiger partial charge in [0.15, 0.2) is 0 Å². The maximum atomic E-state index is 13.5. The van der Waals surface area contributed by atoms with E-state index in [1.54, 1.807) is 55.5 Å². The van der Waals surface area contributed by atoms with Gasteiger partial charge in [0.25, 0.3) is 0 Å². The van der Waals surface area contributed by atoms with Gasteiger partial charge in [0.05, 0.1) is 53.4 Å². The number of azo groups is 1. The Balaban J connectivity index is 1.65. The van der Waals surface area contributed by atoms with Crippen LogP contribution in [-0.2, 0) is 14.2 Å². The number of esters is 3. The maximum Gasteiger partial charge on any atom is 0.340 e. The van der Waals surface area contributed by atoms with E-state index in [-0.39, 0.29) is 64.9 Å². The van der Waals surface area contributed by atoms with Gasteiger partial charge >= 0.3 is 17.9 Å². The lowest BCUT2D eigenvalue weighted by Crippen LogP contribution is -2.11. The number of hydrogen-bond acceptors (Lipinski definition) is 10. The molecule has 0 spiro atoms. The Bertz CT molecular complexity index is 1960. The zero-order valence-electron chi connectivity index (χ0n) is 32.2. The number of fused-ring (bicyclic) bond motifs is 1. The molecule has 0 aliphatic heterocycles. The Morgan fingerprint density at radius 2 is 1.11 bits per heavy atom. The standard InChI is InChI=1S/C44H53N3O8/c1-4-7-9-11-13-19-27-54-42(50)31-25-26-37(35(29-31)44(52)55-28-20-14-12-10-8-5-2)45-41(49)36-30-39(32-21-15-16-22-33(32)40(36)48)47-46-38-24-18-17-23-34(38)43(51)53-6-3/h15-18,21-26,29-30,48H,4-14,19-20,27-28H2,1-3H3,(H,45,49). The zero-order chi connectivity index (χ0) is 39.4. The zero-order valence-corrected chi connectivity index (χ0v) is 32.2. The van der Waals surface area contributed by atoms with Crippen molar-refractivity contribution in [1.82, 2.24) is 0 Å². The number of hydrogen-bond donors (Lipinski definition) is 2. The normalized spacial score (nSPS) is 11.6. The van der Waals surface area contributed by atoms with E-state index >= 15 is 0 Å². The number of rotatable bonds is 22. The second-order valence-corrected chi connectivity index (χ2v) is 13.2. The van der Waals surface area contributed by atoms with Crippen LogP contribution in [0.15, 0.2) is 88.0 Å². The number of phenolic OH excluding ortho intramolecular Hbond substituents is 1. The minimum atomic E-state index is -0.705. The van der Waals surface area contributed by atoms with Crippen molar-refractivity contribution in [2.24, 2.45) is 15.2 Å². The summed E-state index contributed by atoms with van der Waals surface area (Å²) in [6.45, 7) is 6.67. The third-order valence-corrected chi connectivity index (χ3v) is 9.04. The van der Waals surface area contributed by atoms with Gasteiger partial charge in [0, 0.05) is 10.8 Å². The first-order valence-corrected chi connectivity index (χ1v) is 19.5. The van der Waals surface area contributed by atoms with Gasteiger partial charge in [0.1, 0.15) is 11.4 Å². The molecule has 0 unspecified atom stereocenters. The monoisotopic (exact) mass is 751 g/mol. The highest BCUT2D eigenvalue weighted by Crippen LogP contribution is 2.38. The lowest BCUT2D eigenvalue weighted by atomic mass is 10.0. The molecule has 0 aromatic heterocycles. The van der Waals surface area contributed by atoms with Gasteiger partial charge in [0.2, 0.25) is 5.90 Å². The average molecular weight is 752 g/mol. The molecule has 0 saturated carbocycles. The Labute approximate surface area is 323 Å². The molecule has 4 rings (SSSR count). The van der Waals surface area contributed by atoms with Crippen LogP contribution in [-0.4, -0.2) is 53.8 Å². The van der Waals surface area contributed by atoms with E-state index in [2.05, 4.69) is 29.1 Å². The Hall–Kier alpha value is -5.58. The molecule has 292 valence electrons. The van der Waals surface area contributed by atoms with Crippen LogP contribution in [0.2, 0.25) is 0 Å². The smallest absolute Gasteiger partial charge is 0.340 e. The van der Waals surface area contributed by atoms with Gasteiger partial charge in [-0.25, -0.2) is 19.4 Å². The molecule has 0 aliphatic rings. The van der Waals surface area contributed by atoms with E-state index in [0.29, 0.717) is 17.2 Å². The lowest BCUT2D eigenvalue weighted by molar-refractivity contribution is 0.0491. The molecule has 0 fully saturated rings. The summed E-state index contributed by atoms with van der Waals surface area (Å²) in [5, 5.41) is 32.4. The van der Waals surface area contributed by atoms with Crippen LogP contribution in [0.1, 0.15) is 134 Å². The van der Waals surface area contributed by atoms with Crippen molar-refractivity contribution >= 4 is 51.6 Å². The highest BCUT2D eigenvalue weighted by molar-refractivity contribution is 6.08. The highest BCUT2D eigenvalue weighted by atomic mass is 16.5. The summed E-state index contributed by atoms with van der Waals surface area (Å²) in [5.74, 6) is -2.72. The average Bonchev–Trinajstić information content (AvgIpc) is 3.20. The Morgan fingerprint density at radius 3 is 1.78 bits per heavy atom. The molecule has 0 aliphatic carbocycles. The molecule has 2 N–H and O–H groups in total. The van der Waals surface area contributed by atoms with Crippen LogP contribution in [0, 0.1) is 0 Å². The van der Waals surface area contributed by atoms with Crippen molar-refractivity contribution in [2.75, 3.05) is 19.8 Å². The number of nitrogens with zero attached hydrogens (tertiary/aromatic N) is 3. The first kappa shape index (κ1) is 42.2. The predicted molar refractivity (Wildman–Crippen MR) is 215 cm³/mol. The number of aromatic hydroxyl groups is 1. The van der Waals surface area contributed by atoms with Gasteiger partial charge in [-0.1, -0.05) is 114 Å². The highest BCUT2D eigenvalue weighted by Gasteiger charge is 2.21. The number of aliphatic hydroxyl groups excluding tert-OH is 1. The first-order chi connectivity index (χ1) is 26.8. The van der Waals surface area contributed by atoms with Crippen LogP contribution >= 0.6 is 0 Å². The summed E-state index contributed by atoms with van der Waals surface area (Å²) in [5.41, 5.74) is 0.819. The third-order valence-electron chi connectivity index (χ3n) is 9.04. The minimum Gasteiger partial charge on any atom is -0.506 e. The summed E-state index contributed by atoms with van der Waals surface area (Å²) >= 11 is 0. The van der Waals surface area contributed by atoms with E-state index in [1.165, 1.54) is 30.7 Å². The Morgan fingerprint density at radius 1 is 0.545 bits per heavy atom. The molecule has 4 aromatic carbocycles. The second kappa shape index (κ2) is 22.6. The van der Waals surface area contributed by atoms with Crippen molar-refractivity contribution in [1.29, 1.82) is 0 Å². The molecule has 11 nitrogen and oxygen atoms in total. The molecule has 0 saturated heterocycles. The van der Waals surface area contributed by atoms with E-state index in [4.69, 9.17) is 14.2 Å². The van der Waals surface area contributed by atoms with Gasteiger partial charge in [-0.2, -0.15) is 0 Å². The fourth-order valence-corrected chi connectivity index (χ4v) is 6.00. The number of aliphatic imine (C=N–C) groups is 1. The minimum absolute atomic E-state index is 0.0250. The van der Waals surface area contributed by atoms with Gasteiger partial charge in [-0.05, 0) is 56.2 Å². The second-order valence-electron chi connectivity index (χ2n) is 13.2. The maximum absolute atomic E-state index is 13.5. The molecule has 4 aromatic rings. The van der Waals surface area contributed by atoms with Crippen LogP contribution < -0.4 is 0 Å². The van der Waals surface area contributed by atoms with Crippen LogP contribution in [0.3, 0.4) is 0 Å². The molecule has 0 radical (unpaired) electrons. The van der Waals surface area contributed by atoms with Crippen molar-refractivity contribution < 1.29 is 38.8 Å². The number of unbranched alkanes of at least 4 members (excludes halogenated alkanes) is 10. The molecule has 11 heteroatoms. The number of carbonyl (C=O) groups is 3. The van der Waals surface area contributed by atoms with Crippen molar-refractivity contribution in [3.8, 4) is 5.75 Å². The number of benzene rings is 4. The fourth-order valence-electron chi connectivity index (χ4n) is 6.00. The van der Waals surface area contributed by atoms with E-state index in [9.17, 15) is 24.6 Å². The summed E-state index contributed by atoms with van der Waals surface area (Å²) in [6.07, 6.45) is 12.3. The predicted octanol–water partition coefficient (Wildman–Crippen LogP) is 11.8. The molecular weight excluding hydrogens is 698 g/mol. The molecular formula is C44H53N3O8. The summed E-state index contributed by atoms with van der Waals surface area (Å²) in [7, 11) is 0. The van der Waals surface area contributed by atoms with E-state index in [1.807, 2.05) is 0 Å². The first-order valence-electron chi connectivity index (χ1n) is 19.5. The van der Waals surface area contributed by atoms with E-state index < -0.39 is 23.8 Å². The third kappa shape index (κ3) is 12.5. The summed E-state index contributed by atoms with van der Waals surface area (Å²) in [6, 6.07) is 19.2. The van der Waals surface area contributed by atoms with Gasteiger partial charge < -0.3 is 24.4 Å². The molecule has 55 heavy (non-hydrogen) atoms. The topological polar surface area (TPSA) is 156 Å². The number of phenols is 1. The molecule has 0 amide bonds. The molecule has 0 atom stereocenters. The van der Waals surface area contributed by atoms with Crippen LogP contribution in [0.4, 0.5) is 17.1 Å². The lowest BCUT2D eigenvalue weighted by Gasteiger charge is -2.12. The Kier molecular flexibility index (Phi) is 17.3. The van der Waals surface area contributed by atoms with Crippen molar-refractivity contribution in [2.45, 2.75) is 97.8 Å². The van der Waals surface area contributed by atoms with Gasteiger partial charge in [-0.3, -0.25) is 0 Å². The quantitative estimate of drug-likeness (QED) is 0.0201. The number of aliphatic hydroxyl groups is 1. The van der Waals surface area contributed by atoms with Crippen molar-refractivity contribution in [3.05, 3.63) is 95.1 Å². The van der Waals surface area contributed by atoms with Gasteiger partial charge in [-0.15, -0.1) is 10.2 Å². The van der Waals surface area contributed by atoms with Crippen molar-refractivity contribution in [3.63, 3.8) is 0 Å². The SMILES string of the molecule is CCCCCCCCOC(=O)c1ccc(N=C(O)c2cc(N=Nc3ccccc3C(=O)OCC)c3ccccc3c2O)c(C(=O)OCCCCCCCC)c1. The molecule has 0 bridgehead atoms. The van der Waals surface area contributed by atoms with Crippen LogP contribution in [0.5, 0.6) is 5.75 Å². The number of ether oxygens (including phenoxy) is 3. The van der Waals surface area contributed by atoms with Crippen LogP contribution in [0.25, 0.3) is 10.8 Å². The van der Waals surface area contributed by atoms with E-state index in [0.717, 1.165) is 64.2 Å². The summed E-state index contributed by atoms with van der Waals surface area (Å²) in [4.78, 5) is 43.4. The number of carbonyl (C=O) groups excluding carboxylic acids is 3.